The zero-order valence-electron chi connectivity index (χ0n) is 84.4. The number of nitrogens with zero attached hydrogens (tertiary/aromatic N) is 1. The van der Waals surface area contributed by atoms with Gasteiger partial charge in [-0.2, -0.15) is 5.26 Å². The smallest absolute Gasteiger partial charge is 0.174 e. The van der Waals surface area contributed by atoms with Gasteiger partial charge in [-0.05, 0) is 338 Å². The number of carbonyl (C=O) groups is 2. The van der Waals surface area contributed by atoms with E-state index in [4.69, 9.17) is 20.2 Å². The molecule has 778 valence electrons. The predicted octanol–water partition coefficient (Wildman–Crippen LogP) is 44.8. The van der Waals surface area contributed by atoms with Crippen molar-refractivity contribution < 1.29 is 45.0 Å². The van der Waals surface area contributed by atoms with Crippen LogP contribution in [0.3, 0.4) is 0 Å². The minimum absolute atomic E-state index is 0. The molecule has 0 amide bonds. The van der Waals surface area contributed by atoms with Crippen molar-refractivity contribution >= 4 is 239 Å². The molecule has 0 aliphatic rings. The van der Waals surface area contributed by atoms with E-state index in [1.807, 2.05) is 119 Å². The van der Waals surface area contributed by atoms with Gasteiger partial charge >= 0.3 is 0 Å². The molecule has 0 aliphatic heterocycles. The first-order chi connectivity index (χ1) is 63.3. The van der Waals surface area contributed by atoms with Crippen molar-refractivity contribution in [2.45, 2.75) is 303 Å². The van der Waals surface area contributed by atoms with Crippen molar-refractivity contribution in [1.82, 2.24) is 0 Å². The summed E-state index contributed by atoms with van der Waals surface area (Å²) in [6, 6.07) is 54.4. The number of halogens is 14. The van der Waals surface area contributed by atoms with Gasteiger partial charge in [0.05, 0.1) is 4.47 Å². The van der Waals surface area contributed by atoms with Crippen LogP contribution >= 0.6 is 226 Å². The lowest BCUT2D eigenvalue weighted by Gasteiger charge is -2.14. The van der Waals surface area contributed by atoms with Gasteiger partial charge in [-0.25, -0.2) is 0 Å². The SMILES string of the molecule is BrBr.C.C.C.C.CC(C)c1cc(O)ccc1Br.CC(C)c1ccc(Br)c(O)c1.CC(C)c1cccc(O)c1.CI.Cc1cc(C(C)C)c(Br)cc1Br.Cc1cc(C(C)C)c(Br)cc1C=O.Cc1cc(C(C)C)c(Br)cc1O.Cc1cc(C(C)C)c(C=O)cc1Br.Cc1cc(C(C)C)c(O)cc1Br.Cc1cc(C(C)C)c(O)cc1Br.Cc1cc(C(C)C)c(OCC#N)cc1Br.Cc1cc(C(C)C)ccc1Br. The number of nitriles is 1. The fourth-order valence-electron chi connectivity index (χ4n) is 12.3. The first-order valence-electron chi connectivity index (χ1n) is 44.6. The quantitative estimate of drug-likeness (QED) is 0.0327. The third-order valence-electron chi connectivity index (χ3n) is 20.8. The number of phenolic OH excluding ortho intramolecular Hbond substituents is 6. The van der Waals surface area contributed by atoms with Crippen LogP contribution in [0.4, 0.5) is 0 Å². The topological polar surface area (TPSA) is 189 Å². The maximum absolute atomic E-state index is 10.8. The second kappa shape index (κ2) is 76.4. The third kappa shape index (κ3) is 54.1. The Labute approximate surface area is 967 Å². The van der Waals surface area contributed by atoms with Crippen LogP contribution in [0.15, 0.2) is 213 Å². The molecule has 0 fully saturated rings. The van der Waals surface area contributed by atoms with Crippen LogP contribution in [0.5, 0.6) is 40.2 Å². The second-order valence-corrected chi connectivity index (χ2v) is 45.0. The summed E-state index contributed by atoms with van der Waals surface area (Å²) in [6.45, 7) is 63.0. The van der Waals surface area contributed by atoms with Crippen LogP contribution in [0.25, 0.3) is 0 Å². The maximum Gasteiger partial charge on any atom is 0.174 e. The zero-order valence-corrected chi connectivity index (χ0v) is 107. The summed E-state index contributed by atoms with van der Waals surface area (Å²) >= 11 is 45.3. The summed E-state index contributed by atoms with van der Waals surface area (Å²) in [6.07, 6.45) is 1.81. The average molecular weight is 2880 g/mol. The number of aldehydes is 2. The number of carbonyl (C=O) groups excluding carboxylic acids is 2. The normalized spacial score (nSPS) is 10.1. The highest BCUT2D eigenvalue weighted by Crippen LogP contribution is 2.39. The minimum Gasteiger partial charge on any atom is -0.508 e. The van der Waals surface area contributed by atoms with Gasteiger partial charge in [0, 0.05) is 84.1 Å². The molecule has 0 radical (unpaired) electrons. The van der Waals surface area contributed by atoms with Crippen molar-refractivity contribution in [3.63, 3.8) is 0 Å². The largest absolute Gasteiger partial charge is 0.508 e. The highest BCUT2D eigenvalue weighted by Gasteiger charge is 2.17. The van der Waals surface area contributed by atoms with Crippen LogP contribution < -0.4 is 4.74 Å². The van der Waals surface area contributed by atoms with E-state index in [-0.39, 0.29) is 36.3 Å². The van der Waals surface area contributed by atoms with Gasteiger partial charge < -0.3 is 35.4 Å². The van der Waals surface area contributed by atoms with E-state index in [2.05, 4.69) is 441 Å². The first-order valence-corrected chi connectivity index (χ1v) is 59.2. The molecule has 0 unspecified atom stereocenters. The number of rotatable bonds is 15. The molecular formula is C116H157Br13INO9. The molecule has 140 heavy (non-hydrogen) atoms. The molecule has 0 heterocycles. The van der Waals surface area contributed by atoms with Crippen LogP contribution in [-0.2, 0) is 0 Å². The van der Waals surface area contributed by atoms with E-state index in [0.29, 0.717) is 99.6 Å². The summed E-state index contributed by atoms with van der Waals surface area (Å²) < 4.78 is 16.7. The average Bonchev–Trinajstić information content (AvgIpc) is 0.831. The monoisotopic (exact) mass is 2860 g/mol. The van der Waals surface area contributed by atoms with Crippen molar-refractivity contribution in [1.29, 1.82) is 5.26 Å². The van der Waals surface area contributed by atoms with E-state index in [1.54, 1.807) is 48.5 Å². The lowest BCUT2D eigenvalue weighted by molar-refractivity contribution is 0.111. The Bertz CT molecular complexity index is 5250. The van der Waals surface area contributed by atoms with E-state index >= 15 is 0 Å². The first kappa shape index (κ1) is 146. The van der Waals surface area contributed by atoms with Crippen LogP contribution in [0.1, 0.15) is 374 Å². The summed E-state index contributed by atoms with van der Waals surface area (Å²) in [4.78, 5) is 23.4. The van der Waals surface area contributed by atoms with Crippen LogP contribution in [-0.4, -0.2) is 54.7 Å². The number of ether oxygens (including phenoxy) is 1. The highest BCUT2D eigenvalue weighted by molar-refractivity contribution is 14.1. The fraction of sp³-hybridized carbons (Fsp3) is 0.405. The lowest BCUT2D eigenvalue weighted by Crippen LogP contribution is -2.00. The number of benzene rings is 11. The van der Waals surface area contributed by atoms with Gasteiger partial charge in [0.15, 0.2) is 6.61 Å². The summed E-state index contributed by atoms with van der Waals surface area (Å²) in [5.74, 6) is 8.00. The van der Waals surface area contributed by atoms with E-state index < -0.39 is 0 Å². The Morgan fingerprint density at radius 2 is 0.564 bits per heavy atom. The number of phenols is 6. The molecule has 10 nitrogen and oxygen atoms in total. The summed E-state index contributed by atoms with van der Waals surface area (Å²) in [5.41, 5.74) is 23.9. The molecule has 24 heteroatoms. The van der Waals surface area contributed by atoms with E-state index in [1.165, 1.54) is 63.5 Å². The number of aryl methyl sites for hydroxylation is 8. The molecule has 0 aliphatic carbocycles. The van der Waals surface area contributed by atoms with E-state index in [0.717, 1.165) is 121 Å². The number of alkyl halides is 1. The van der Waals surface area contributed by atoms with Crippen molar-refractivity contribution in [2.75, 3.05) is 11.5 Å². The van der Waals surface area contributed by atoms with Crippen molar-refractivity contribution in [3.8, 4) is 46.3 Å². The van der Waals surface area contributed by atoms with Gasteiger partial charge in [0.1, 0.15) is 58.9 Å². The molecule has 11 aromatic carbocycles. The molecule has 0 saturated heterocycles. The van der Waals surface area contributed by atoms with Gasteiger partial charge in [-0.15, -0.1) is 0 Å². The van der Waals surface area contributed by atoms with Gasteiger partial charge in [-0.3, -0.25) is 9.59 Å². The molecule has 0 saturated carbocycles. The number of hydrogen-bond donors (Lipinski definition) is 6. The molecule has 0 bridgehead atoms. The Balaban J connectivity index is -0.000000351. The Kier molecular flexibility index (Phi) is 79.9. The Morgan fingerprint density at radius 1 is 0.271 bits per heavy atom. The van der Waals surface area contributed by atoms with E-state index in [9.17, 15) is 30.0 Å². The predicted molar refractivity (Wildman–Crippen MR) is 665 cm³/mol. The van der Waals surface area contributed by atoms with Crippen molar-refractivity contribution in [3.05, 3.63) is 330 Å². The van der Waals surface area contributed by atoms with Gasteiger partial charge in [-0.1, -0.05) is 437 Å². The molecule has 11 aromatic rings. The van der Waals surface area contributed by atoms with Gasteiger partial charge in [0.25, 0.3) is 0 Å². The van der Waals surface area contributed by atoms with Crippen molar-refractivity contribution in [2.24, 2.45) is 0 Å². The molecule has 6 N–H and O–H groups in total. The van der Waals surface area contributed by atoms with Crippen LogP contribution in [0, 0.1) is 66.7 Å². The maximum atomic E-state index is 10.8. The number of aromatic hydroxyl groups is 6. The molecule has 0 atom stereocenters. The summed E-state index contributed by atoms with van der Waals surface area (Å²) in [5, 5.41) is 64.5. The molecule has 11 rings (SSSR count). The standard InChI is InChI=1S/C12H14BrNO.2C11H13BrO.C10H12Br2.3C10H13BrO.C10H13Br.2C9H11BrO.C9H12O.CH3I.4CH4.Br2/c1-8(2)10-6-9(3)11(13)7-12(10)15-5-4-14;1-7(2)10-4-8(3)11(12)5-9(10)6-13;1-7(2)10-4-8(3)9(6-13)5-11(10)12;1-6(2)8-4-7(3)9(11)5-10(8)12;1-6(2)8-4-7(3)10(12)5-9(8)11;2*1-6(2)8-4-7(3)9(11)5-10(8)12;1-7(2)9-4-5-10(11)8(3)6-9;1-6(2)8-5-7(11)3-4-9(8)10;1-6(2)7-3-4-8(10)9(11)5-7;1-7(2)8-4-3-5-9(10)6-8;1-2;;;;;1-2/h6-8H,5H2,1-3H3;2*4-7H,1-3H3;4-6H,1-3H3;3*4-6,12H,1-3H3;4-7H,1-3H3;2*3-6,11H,1-2H3;3-7,10H,1-2H3;1H3;4*1H4;. The Morgan fingerprint density at radius 3 is 0.929 bits per heavy atom. The molecule has 0 spiro atoms. The second-order valence-electron chi connectivity index (χ2n) is 35.6. The lowest BCUT2D eigenvalue weighted by atomic mass is 9.96. The van der Waals surface area contributed by atoms with Crippen LogP contribution in [0.2, 0.25) is 0 Å². The third-order valence-corrected chi connectivity index (χ3v) is 29.4. The highest BCUT2D eigenvalue weighted by atomic mass is 127. The molecular weight excluding hydrogens is 2720 g/mol. The zero-order chi connectivity index (χ0) is 105. The fourth-order valence-corrected chi connectivity index (χ4v) is 17.9. The minimum atomic E-state index is 0. The summed E-state index contributed by atoms with van der Waals surface area (Å²) in [7, 11) is 0. The Hall–Kier alpha value is -4.18. The number of hydrogen-bond acceptors (Lipinski definition) is 10. The van der Waals surface area contributed by atoms with Gasteiger partial charge in [0.2, 0.25) is 0 Å². The molecule has 0 aromatic heterocycles.